The van der Waals surface area contributed by atoms with Gasteiger partial charge in [-0.2, -0.15) is 0 Å². The molecule has 0 unspecified atom stereocenters. The van der Waals surface area contributed by atoms with E-state index in [0.717, 1.165) is 67.6 Å². The smallest absolute Gasteiger partial charge is 0.414 e. The second kappa shape index (κ2) is 8.47. The summed E-state index contributed by atoms with van der Waals surface area (Å²) in [6.07, 6.45) is 2.33. The molecule has 3 heterocycles. The summed E-state index contributed by atoms with van der Waals surface area (Å²) >= 11 is 1.80. The predicted molar refractivity (Wildman–Crippen MR) is 119 cm³/mol. The van der Waals surface area contributed by atoms with Gasteiger partial charge in [0.2, 0.25) is 5.91 Å². The first kappa shape index (κ1) is 20.3. The van der Waals surface area contributed by atoms with E-state index >= 15 is 0 Å². The highest BCUT2D eigenvalue weighted by Gasteiger charge is 2.33. The largest absolute Gasteiger partial charge is 0.442 e. The van der Waals surface area contributed by atoms with Gasteiger partial charge >= 0.3 is 6.09 Å². The molecule has 1 aromatic carbocycles. The zero-order valence-corrected chi connectivity index (χ0v) is 18.4. The van der Waals surface area contributed by atoms with E-state index in [1.807, 2.05) is 6.07 Å². The highest BCUT2D eigenvalue weighted by atomic mass is 32.1. The Bertz CT molecular complexity index is 1000. The van der Waals surface area contributed by atoms with Gasteiger partial charge in [-0.15, -0.1) is 11.3 Å². The molecule has 1 atom stereocenters. The number of fused-ring (bicyclic) bond motifs is 3. The van der Waals surface area contributed by atoms with E-state index in [4.69, 9.17) is 14.5 Å². The number of aromatic nitrogens is 1. The Hall–Kier alpha value is -2.65. The number of hydrogen-bond acceptors (Lipinski definition) is 7. The van der Waals surface area contributed by atoms with Crippen molar-refractivity contribution in [1.82, 2.24) is 10.3 Å². The summed E-state index contributed by atoms with van der Waals surface area (Å²) in [4.78, 5) is 33.9. The van der Waals surface area contributed by atoms with Gasteiger partial charge in [-0.3, -0.25) is 9.69 Å². The molecular weight excluding hydrogens is 416 g/mol. The van der Waals surface area contributed by atoms with Gasteiger partial charge in [0, 0.05) is 36.1 Å². The second-order valence-corrected chi connectivity index (χ2v) is 9.18. The van der Waals surface area contributed by atoms with Gasteiger partial charge in [0.25, 0.3) is 0 Å². The van der Waals surface area contributed by atoms with Crippen LogP contribution >= 0.6 is 11.3 Å². The molecule has 2 amide bonds. The fraction of sp³-hybridized carbons (Fsp3) is 0.500. The molecule has 31 heavy (non-hydrogen) atoms. The molecule has 5 rings (SSSR count). The average Bonchev–Trinajstić information content (AvgIpc) is 3.32. The zero-order chi connectivity index (χ0) is 21.4. The molecule has 3 aliphatic rings. The molecule has 2 aromatic rings. The van der Waals surface area contributed by atoms with Crippen molar-refractivity contribution >= 4 is 34.2 Å². The van der Waals surface area contributed by atoms with E-state index in [2.05, 4.69) is 22.3 Å². The van der Waals surface area contributed by atoms with E-state index in [1.165, 1.54) is 17.4 Å². The van der Waals surface area contributed by atoms with Gasteiger partial charge in [0.1, 0.15) is 6.10 Å². The van der Waals surface area contributed by atoms with Gasteiger partial charge in [-0.1, -0.05) is 6.07 Å². The molecule has 8 nitrogen and oxygen atoms in total. The number of benzene rings is 1. The van der Waals surface area contributed by atoms with Crippen LogP contribution in [0.5, 0.6) is 0 Å². The van der Waals surface area contributed by atoms with Crippen LogP contribution in [0.2, 0.25) is 0 Å². The van der Waals surface area contributed by atoms with Crippen LogP contribution in [-0.4, -0.2) is 62.5 Å². The first-order valence-electron chi connectivity index (χ1n) is 10.8. The standard InChI is InChI=1S/C22H26N4O4S/c1-14(27)23-12-17-13-26(22(28)30-17)16-5-6-18-15(11-16)3-2-4-19-20(18)24-21(31-19)25-7-9-29-10-8-25/h5-6,11,17H,2-4,7-10,12-13H2,1H3,(H,23,27)/t17-/m0/s1. The van der Waals surface area contributed by atoms with Crippen molar-refractivity contribution in [3.05, 3.63) is 28.6 Å². The Kier molecular flexibility index (Phi) is 5.54. The van der Waals surface area contributed by atoms with Crippen molar-refractivity contribution in [2.24, 2.45) is 0 Å². The molecule has 2 saturated heterocycles. The van der Waals surface area contributed by atoms with Crippen molar-refractivity contribution in [3.63, 3.8) is 0 Å². The van der Waals surface area contributed by atoms with Gasteiger partial charge in [-0.05, 0) is 37.0 Å². The van der Waals surface area contributed by atoms with Gasteiger partial charge < -0.3 is 19.7 Å². The minimum Gasteiger partial charge on any atom is -0.442 e. The van der Waals surface area contributed by atoms with Crippen LogP contribution in [0.25, 0.3) is 11.3 Å². The van der Waals surface area contributed by atoms with Gasteiger partial charge in [0.05, 0.1) is 32.0 Å². The Morgan fingerprint density at radius 2 is 2.13 bits per heavy atom. The van der Waals surface area contributed by atoms with Crippen LogP contribution in [0.4, 0.5) is 15.6 Å². The number of ether oxygens (including phenoxy) is 2. The number of thiazole rings is 1. The Morgan fingerprint density at radius 3 is 2.94 bits per heavy atom. The number of rotatable bonds is 4. The molecule has 0 bridgehead atoms. The lowest BCUT2D eigenvalue weighted by Crippen LogP contribution is -2.36. The van der Waals surface area contributed by atoms with Crippen LogP contribution in [0.15, 0.2) is 18.2 Å². The van der Waals surface area contributed by atoms with Crippen LogP contribution in [-0.2, 0) is 27.1 Å². The Morgan fingerprint density at radius 1 is 1.29 bits per heavy atom. The predicted octanol–water partition coefficient (Wildman–Crippen LogP) is 2.60. The molecule has 2 fully saturated rings. The number of hydrogen-bond donors (Lipinski definition) is 1. The number of carbonyl (C=O) groups is 2. The number of nitrogens with zero attached hydrogens (tertiary/aromatic N) is 3. The number of carbonyl (C=O) groups excluding carboxylic acids is 2. The number of cyclic esters (lactones) is 1. The summed E-state index contributed by atoms with van der Waals surface area (Å²) in [5, 5.41) is 3.79. The summed E-state index contributed by atoms with van der Waals surface area (Å²) in [6.45, 7) is 5.48. The van der Waals surface area contributed by atoms with E-state index < -0.39 is 0 Å². The third-order valence-corrected chi connectivity index (χ3v) is 7.10. The van der Waals surface area contributed by atoms with Crippen LogP contribution in [0.1, 0.15) is 23.8 Å². The van der Waals surface area contributed by atoms with Crippen molar-refractivity contribution in [2.45, 2.75) is 32.3 Å². The number of nitrogens with one attached hydrogen (secondary N) is 1. The van der Waals surface area contributed by atoms with E-state index in [9.17, 15) is 9.59 Å². The van der Waals surface area contributed by atoms with E-state index in [1.54, 1.807) is 16.2 Å². The summed E-state index contributed by atoms with van der Waals surface area (Å²) in [5.41, 5.74) is 4.29. The summed E-state index contributed by atoms with van der Waals surface area (Å²) < 4.78 is 10.9. The molecule has 164 valence electrons. The van der Waals surface area contributed by atoms with Crippen molar-refractivity contribution in [1.29, 1.82) is 0 Å². The average molecular weight is 443 g/mol. The molecule has 1 aliphatic carbocycles. The van der Waals surface area contributed by atoms with Gasteiger partial charge in [-0.25, -0.2) is 9.78 Å². The highest BCUT2D eigenvalue weighted by molar-refractivity contribution is 7.16. The van der Waals surface area contributed by atoms with Crippen molar-refractivity contribution in [2.75, 3.05) is 49.2 Å². The van der Waals surface area contributed by atoms with E-state index in [0.29, 0.717) is 13.1 Å². The normalized spacial score (nSPS) is 20.7. The minimum atomic E-state index is -0.368. The topological polar surface area (TPSA) is 84.0 Å². The maximum Gasteiger partial charge on any atom is 0.414 e. The van der Waals surface area contributed by atoms with E-state index in [-0.39, 0.29) is 18.1 Å². The number of morpholine rings is 1. The number of amides is 2. The lowest BCUT2D eigenvalue weighted by atomic mass is 10.0. The van der Waals surface area contributed by atoms with Crippen molar-refractivity contribution < 1.29 is 19.1 Å². The monoisotopic (exact) mass is 442 g/mol. The lowest BCUT2D eigenvalue weighted by molar-refractivity contribution is -0.119. The zero-order valence-electron chi connectivity index (χ0n) is 17.6. The SMILES string of the molecule is CC(=O)NC[C@H]1CN(c2ccc3c(c2)CCCc2sc(N4CCOCC4)nc2-3)C(=O)O1. The maximum atomic E-state index is 12.4. The van der Waals surface area contributed by atoms with Crippen LogP contribution < -0.4 is 15.1 Å². The van der Waals surface area contributed by atoms with Crippen LogP contribution in [0, 0.1) is 0 Å². The molecule has 0 saturated carbocycles. The highest BCUT2D eigenvalue weighted by Crippen LogP contribution is 2.40. The molecule has 9 heteroatoms. The quantitative estimate of drug-likeness (QED) is 0.784. The molecule has 2 aliphatic heterocycles. The maximum absolute atomic E-state index is 12.4. The molecule has 0 radical (unpaired) electrons. The molecule has 1 aromatic heterocycles. The summed E-state index contributed by atoms with van der Waals surface area (Å²) in [6, 6.07) is 6.16. The number of aryl methyl sites for hydroxylation is 2. The summed E-state index contributed by atoms with van der Waals surface area (Å²) in [5.74, 6) is -0.130. The lowest BCUT2D eigenvalue weighted by Gasteiger charge is -2.26. The molecule has 1 N–H and O–H groups in total. The molecule has 0 spiro atoms. The number of anilines is 2. The third kappa shape index (κ3) is 4.12. The van der Waals surface area contributed by atoms with Gasteiger partial charge in [0.15, 0.2) is 5.13 Å². The summed E-state index contributed by atoms with van der Waals surface area (Å²) in [7, 11) is 0. The Labute approximate surface area is 185 Å². The second-order valence-electron chi connectivity index (χ2n) is 8.12. The minimum absolute atomic E-state index is 0.130. The first-order chi connectivity index (χ1) is 15.1. The third-order valence-electron chi connectivity index (χ3n) is 5.93. The molecular formula is C22H26N4O4S. The fourth-order valence-electron chi connectivity index (χ4n) is 4.33. The van der Waals surface area contributed by atoms with Crippen molar-refractivity contribution in [3.8, 4) is 11.3 Å². The Balaban J connectivity index is 1.39. The fourth-order valence-corrected chi connectivity index (χ4v) is 5.50. The first-order valence-corrected chi connectivity index (χ1v) is 11.6. The van der Waals surface area contributed by atoms with Crippen LogP contribution in [0.3, 0.4) is 0 Å².